The number of hydrogen-bond donors (Lipinski definition) is 0. The van der Waals surface area contributed by atoms with Crippen molar-refractivity contribution in [3.8, 4) is 0 Å². The van der Waals surface area contributed by atoms with E-state index < -0.39 is 5.24 Å². The van der Waals surface area contributed by atoms with Gasteiger partial charge in [0, 0.05) is 12.6 Å². The second-order valence-electron chi connectivity index (χ2n) is 3.02. The Morgan fingerprint density at radius 1 is 1.69 bits per heavy atom. The Morgan fingerprint density at radius 3 is 2.92 bits per heavy atom. The zero-order valence-electron chi connectivity index (χ0n) is 7.88. The van der Waals surface area contributed by atoms with Gasteiger partial charge >= 0.3 is 0 Å². The number of carbonyl (C=O) groups is 1. The van der Waals surface area contributed by atoms with Crippen LogP contribution < -0.4 is 0 Å². The average Bonchev–Trinajstić information content (AvgIpc) is 2.43. The lowest BCUT2D eigenvalue weighted by molar-refractivity contribution is 0.107. The van der Waals surface area contributed by atoms with Crippen LogP contribution in [0.15, 0.2) is 6.20 Å². The number of hydrogen-bond acceptors (Lipinski definition) is 2. The van der Waals surface area contributed by atoms with Gasteiger partial charge in [-0.1, -0.05) is 13.3 Å². The molecule has 0 aliphatic rings. The first-order valence-corrected chi connectivity index (χ1v) is 4.75. The third kappa shape index (κ3) is 2.31. The zero-order chi connectivity index (χ0) is 9.84. The summed E-state index contributed by atoms with van der Waals surface area (Å²) in [6.07, 6.45) is 4.75. The summed E-state index contributed by atoms with van der Waals surface area (Å²) in [4.78, 5) is 11.0. The molecule has 4 heteroatoms. The molecule has 13 heavy (non-hydrogen) atoms. The van der Waals surface area contributed by atoms with Crippen LogP contribution in [0, 0.1) is 0 Å². The molecule has 1 aromatic heterocycles. The van der Waals surface area contributed by atoms with Gasteiger partial charge in [0.1, 0.15) is 5.69 Å². The Bertz CT molecular complexity index is 307. The lowest BCUT2D eigenvalue weighted by Gasteiger charge is -1.99. The van der Waals surface area contributed by atoms with Crippen LogP contribution in [0.1, 0.15) is 35.8 Å². The molecular weight excluding hydrogens is 188 g/mol. The van der Waals surface area contributed by atoms with E-state index in [1.54, 1.807) is 13.2 Å². The molecule has 0 aromatic carbocycles. The van der Waals surface area contributed by atoms with Crippen LogP contribution in [0.4, 0.5) is 0 Å². The lowest BCUT2D eigenvalue weighted by Crippen LogP contribution is -2.03. The Balaban J connectivity index is 2.87. The fraction of sp³-hybridized carbons (Fsp3) is 0.556. The van der Waals surface area contributed by atoms with Crippen LogP contribution in [0.5, 0.6) is 0 Å². The Labute approximate surface area is 82.7 Å². The lowest BCUT2D eigenvalue weighted by atomic mass is 10.1. The van der Waals surface area contributed by atoms with E-state index >= 15 is 0 Å². The molecule has 0 bridgehead atoms. The highest BCUT2D eigenvalue weighted by molar-refractivity contribution is 6.67. The van der Waals surface area contributed by atoms with Crippen molar-refractivity contribution in [2.75, 3.05) is 0 Å². The number of carbonyl (C=O) groups excluding carboxylic acids is 1. The first-order chi connectivity index (χ1) is 6.16. The maximum Gasteiger partial charge on any atom is 0.270 e. The number of unbranched alkanes of at least 4 members (excludes halogenated alkanes) is 1. The normalized spacial score (nSPS) is 10.4. The molecule has 0 amide bonds. The zero-order valence-corrected chi connectivity index (χ0v) is 8.64. The minimum Gasteiger partial charge on any atom is -0.274 e. The summed E-state index contributed by atoms with van der Waals surface area (Å²) < 4.78 is 1.53. The van der Waals surface area contributed by atoms with E-state index in [1.165, 1.54) is 4.68 Å². The highest BCUT2D eigenvalue weighted by Crippen LogP contribution is 2.13. The molecule has 0 aliphatic heterocycles. The second kappa shape index (κ2) is 4.42. The van der Waals surface area contributed by atoms with E-state index in [2.05, 4.69) is 12.0 Å². The van der Waals surface area contributed by atoms with Gasteiger partial charge in [-0.25, -0.2) is 0 Å². The molecule has 1 rings (SSSR count). The summed E-state index contributed by atoms with van der Waals surface area (Å²) in [6.45, 7) is 2.11. The van der Waals surface area contributed by atoms with Crippen LogP contribution in [0.25, 0.3) is 0 Å². The molecule has 0 fully saturated rings. The van der Waals surface area contributed by atoms with Crippen molar-refractivity contribution < 1.29 is 4.79 Å². The molecule has 0 aliphatic carbocycles. The topological polar surface area (TPSA) is 34.9 Å². The fourth-order valence-electron chi connectivity index (χ4n) is 1.29. The van der Waals surface area contributed by atoms with E-state index in [9.17, 15) is 4.79 Å². The first kappa shape index (κ1) is 10.3. The van der Waals surface area contributed by atoms with Crippen molar-refractivity contribution >= 4 is 16.8 Å². The molecule has 3 nitrogen and oxygen atoms in total. The quantitative estimate of drug-likeness (QED) is 0.698. The van der Waals surface area contributed by atoms with Crippen LogP contribution in [-0.2, 0) is 13.5 Å². The van der Waals surface area contributed by atoms with Crippen molar-refractivity contribution in [3.63, 3.8) is 0 Å². The predicted molar refractivity (Wildman–Crippen MR) is 52.0 cm³/mol. The van der Waals surface area contributed by atoms with Gasteiger partial charge in [0.25, 0.3) is 5.24 Å². The predicted octanol–water partition coefficient (Wildman–Crippen LogP) is 2.14. The summed E-state index contributed by atoms with van der Waals surface area (Å²) in [5.41, 5.74) is 1.47. The summed E-state index contributed by atoms with van der Waals surface area (Å²) in [6, 6.07) is 0. The summed E-state index contributed by atoms with van der Waals surface area (Å²) >= 11 is 5.43. The second-order valence-corrected chi connectivity index (χ2v) is 3.36. The van der Waals surface area contributed by atoms with E-state index in [1.807, 2.05) is 0 Å². The largest absolute Gasteiger partial charge is 0.274 e. The van der Waals surface area contributed by atoms with Gasteiger partial charge in [-0.15, -0.1) is 0 Å². The number of aromatic nitrogens is 2. The van der Waals surface area contributed by atoms with Crippen molar-refractivity contribution in [1.82, 2.24) is 9.78 Å². The molecule has 0 spiro atoms. The number of rotatable bonds is 4. The highest BCUT2D eigenvalue weighted by atomic mass is 35.5. The summed E-state index contributed by atoms with van der Waals surface area (Å²) in [5.74, 6) is 0. The Morgan fingerprint density at radius 2 is 2.38 bits per heavy atom. The van der Waals surface area contributed by atoms with Crippen molar-refractivity contribution in [1.29, 1.82) is 0 Å². The number of halogens is 1. The molecule has 0 saturated heterocycles. The van der Waals surface area contributed by atoms with Crippen molar-refractivity contribution in [3.05, 3.63) is 17.5 Å². The number of nitrogens with zero attached hydrogens (tertiary/aromatic N) is 2. The molecule has 0 unspecified atom stereocenters. The van der Waals surface area contributed by atoms with Gasteiger partial charge in [-0.3, -0.25) is 9.48 Å². The van der Waals surface area contributed by atoms with Gasteiger partial charge in [-0.05, 0) is 24.4 Å². The smallest absolute Gasteiger partial charge is 0.270 e. The molecule has 0 saturated carbocycles. The maximum absolute atomic E-state index is 11.0. The van der Waals surface area contributed by atoms with Crippen molar-refractivity contribution in [2.24, 2.45) is 7.05 Å². The summed E-state index contributed by atoms with van der Waals surface area (Å²) in [7, 11) is 1.73. The van der Waals surface area contributed by atoms with E-state index in [-0.39, 0.29) is 0 Å². The van der Waals surface area contributed by atoms with Crippen LogP contribution in [0.2, 0.25) is 0 Å². The van der Waals surface area contributed by atoms with E-state index in [0.29, 0.717) is 5.69 Å². The molecule has 72 valence electrons. The average molecular weight is 201 g/mol. The minimum atomic E-state index is -0.425. The molecule has 1 heterocycles. The van der Waals surface area contributed by atoms with Crippen LogP contribution in [0.3, 0.4) is 0 Å². The molecule has 0 radical (unpaired) electrons. The van der Waals surface area contributed by atoms with Gasteiger partial charge < -0.3 is 0 Å². The summed E-state index contributed by atoms with van der Waals surface area (Å²) in [5, 5.41) is 3.58. The third-order valence-electron chi connectivity index (χ3n) is 2.00. The van der Waals surface area contributed by atoms with Gasteiger partial charge in [-0.2, -0.15) is 5.10 Å². The molecular formula is C9H13ClN2O. The first-order valence-electron chi connectivity index (χ1n) is 4.37. The maximum atomic E-state index is 11.0. The molecule has 0 N–H and O–H groups in total. The fourth-order valence-corrected chi connectivity index (χ4v) is 1.53. The Hall–Kier alpha value is -0.830. The SMILES string of the molecule is CCCCc1cnn(C)c1C(=O)Cl. The monoisotopic (exact) mass is 200 g/mol. The number of aryl methyl sites for hydroxylation is 2. The standard InChI is InChI=1S/C9H13ClN2O/c1-3-4-5-7-6-11-12(2)8(7)9(10)13/h6H,3-5H2,1-2H3. The van der Waals surface area contributed by atoms with E-state index in [4.69, 9.17) is 11.6 Å². The van der Waals surface area contributed by atoms with Gasteiger partial charge in [0.05, 0.1) is 6.20 Å². The van der Waals surface area contributed by atoms with Gasteiger partial charge in [0.15, 0.2) is 0 Å². The third-order valence-corrected chi connectivity index (χ3v) is 2.18. The van der Waals surface area contributed by atoms with Crippen LogP contribution in [-0.4, -0.2) is 15.0 Å². The molecule has 1 aromatic rings. The minimum absolute atomic E-state index is 0.425. The Kier molecular flexibility index (Phi) is 3.48. The highest BCUT2D eigenvalue weighted by Gasteiger charge is 2.13. The van der Waals surface area contributed by atoms with Crippen LogP contribution >= 0.6 is 11.6 Å². The van der Waals surface area contributed by atoms with Gasteiger partial charge in [0.2, 0.25) is 0 Å². The molecule has 0 atom stereocenters. The van der Waals surface area contributed by atoms with Crippen molar-refractivity contribution in [2.45, 2.75) is 26.2 Å². The van der Waals surface area contributed by atoms with E-state index in [0.717, 1.165) is 24.8 Å².